The maximum Gasteiger partial charge on any atom is 0.254 e. The molecule has 0 unspecified atom stereocenters. The number of benzene rings is 2. The van der Waals surface area contributed by atoms with Gasteiger partial charge >= 0.3 is 0 Å². The summed E-state index contributed by atoms with van der Waals surface area (Å²) in [6.45, 7) is 3.38. The Morgan fingerprint density at radius 3 is 2.63 bits per heavy atom. The number of phenolic OH excluding ortho intramolecular Hbond substituents is 1. The quantitative estimate of drug-likeness (QED) is 0.378. The monoisotopic (exact) mass is 401 g/mol. The van der Waals surface area contributed by atoms with Gasteiger partial charge in [-0.2, -0.15) is 0 Å². The van der Waals surface area contributed by atoms with Crippen LogP contribution in [0.4, 0.5) is 5.82 Å². The van der Waals surface area contributed by atoms with Crippen molar-refractivity contribution in [2.24, 2.45) is 5.73 Å². The summed E-state index contributed by atoms with van der Waals surface area (Å²) in [7, 11) is 0. The van der Waals surface area contributed by atoms with E-state index in [4.69, 9.17) is 16.6 Å². The topological polar surface area (TPSA) is 140 Å². The second kappa shape index (κ2) is 7.06. The Bertz CT molecular complexity index is 1410. The van der Waals surface area contributed by atoms with E-state index in [1.165, 1.54) is 0 Å². The van der Waals surface area contributed by atoms with Gasteiger partial charge < -0.3 is 21.7 Å². The number of aliphatic hydroxyl groups excluding tert-OH is 1. The summed E-state index contributed by atoms with van der Waals surface area (Å²) < 4.78 is 1.60. The first-order valence-electron chi connectivity index (χ1n) is 9.14. The Morgan fingerprint density at radius 1 is 1.17 bits per heavy atom. The van der Waals surface area contributed by atoms with Crippen molar-refractivity contribution in [3.8, 4) is 23.3 Å². The second-order valence-corrected chi connectivity index (χ2v) is 6.89. The van der Waals surface area contributed by atoms with Crippen molar-refractivity contribution < 1.29 is 15.0 Å². The summed E-state index contributed by atoms with van der Waals surface area (Å²) >= 11 is 0. The molecule has 2 heterocycles. The van der Waals surface area contributed by atoms with Crippen molar-refractivity contribution >= 4 is 33.9 Å². The third-order valence-corrected chi connectivity index (χ3v) is 4.98. The highest BCUT2D eigenvalue weighted by molar-refractivity contribution is 6.10. The van der Waals surface area contributed by atoms with Gasteiger partial charge in [0.2, 0.25) is 0 Å². The molecule has 0 fully saturated rings. The first kappa shape index (κ1) is 19.2. The molecular formula is C22H19N5O3. The number of rotatable bonds is 2. The minimum atomic E-state index is -0.725. The standard InChI is InChI=1S/C22H19N5O3/c1-11-5-8-16(29)12(2)19(11)27-20(23)17(21(24)30)18-22(27)26-14-7-6-13(4-3-9-28)10-15(14)25-18/h5-8,10,28-29H,9,23H2,1-2H3,(H2,24,30). The van der Waals surface area contributed by atoms with Gasteiger partial charge in [-0.15, -0.1) is 0 Å². The van der Waals surface area contributed by atoms with Crippen LogP contribution < -0.4 is 11.5 Å². The van der Waals surface area contributed by atoms with Gasteiger partial charge in [0.15, 0.2) is 5.65 Å². The van der Waals surface area contributed by atoms with Crippen LogP contribution in [0.5, 0.6) is 5.75 Å². The molecule has 0 bridgehead atoms. The molecule has 6 N–H and O–H groups in total. The summed E-state index contributed by atoms with van der Waals surface area (Å²) in [6, 6.07) is 8.59. The Kier molecular flexibility index (Phi) is 4.53. The molecule has 0 atom stereocenters. The molecule has 1 amide bonds. The van der Waals surface area contributed by atoms with Crippen LogP contribution in [0.3, 0.4) is 0 Å². The molecule has 8 nitrogen and oxygen atoms in total. The zero-order valence-corrected chi connectivity index (χ0v) is 16.4. The molecule has 150 valence electrons. The van der Waals surface area contributed by atoms with E-state index in [0.717, 1.165) is 5.56 Å². The van der Waals surface area contributed by atoms with Gasteiger partial charge in [0, 0.05) is 11.1 Å². The maximum atomic E-state index is 12.2. The van der Waals surface area contributed by atoms with Crippen LogP contribution in [0.15, 0.2) is 30.3 Å². The Labute approximate surface area is 171 Å². The number of carbonyl (C=O) groups is 1. The van der Waals surface area contributed by atoms with Crippen molar-refractivity contribution in [2.75, 3.05) is 12.3 Å². The Balaban J connectivity index is 2.13. The van der Waals surface area contributed by atoms with E-state index < -0.39 is 5.91 Å². The second-order valence-electron chi connectivity index (χ2n) is 6.89. The molecule has 2 aromatic heterocycles. The summed E-state index contributed by atoms with van der Waals surface area (Å²) in [6.07, 6.45) is 0. The minimum absolute atomic E-state index is 0.0633. The number of phenols is 1. The minimum Gasteiger partial charge on any atom is -0.508 e. The average Bonchev–Trinajstić information content (AvgIpc) is 2.99. The van der Waals surface area contributed by atoms with E-state index in [2.05, 4.69) is 21.8 Å². The molecule has 0 saturated heterocycles. The molecule has 4 aromatic rings. The van der Waals surface area contributed by atoms with Crippen molar-refractivity contribution in [3.63, 3.8) is 0 Å². The van der Waals surface area contributed by atoms with Gasteiger partial charge in [-0.1, -0.05) is 17.9 Å². The predicted octanol–water partition coefficient (Wildman–Crippen LogP) is 1.92. The molecule has 2 aromatic carbocycles. The van der Waals surface area contributed by atoms with Gasteiger partial charge in [0.25, 0.3) is 5.91 Å². The fourth-order valence-electron chi connectivity index (χ4n) is 3.57. The zero-order valence-electron chi connectivity index (χ0n) is 16.4. The zero-order chi connectivity index (χ0) is 21.6. The molecule has 0 saturated carbocycles. The summed E-state index contributed by atoms with van der Waals surface area (Å²) in [5.74, 6) is 4.87. The van der Waals surface area contributed by atoms with E-state index in [9.17, 15) is 9.90 Å². The fourth-order valence-corrected chi connectivity index (χ4v) is 3.57. The van der Waals surface area contributed by atoms with Crippen molar-refractivity contribution in [3.05, 3.63) is 52.6 Å². The van der Waals surface area contributed by atoms with Crippen LogP contribution in [0.25, 0.3) is 27.9 Å². The van der Waals surface area contributed by atoms with Gasteiger partial charge in [-0.25, -0.2) is 9.97 Å². The number of fused-ring (bicyclic) bond motifs is 2. The number of carbonyl (C=O) groups excluding carboxylic acids is 1. The molecule has 4 rings (SSSR count). The highest BCUT2D eigenvalue weighted by Gasteiger charge is 2.25. The van der Waals surface area contributed by atoms with E-state index >= 15 is 0 Å². The lowest BCUT2D eigenvalue weighted by Crippen LogP contribution is -2.14. The van der Waals surface area contributed by atoms with E-state index in [1.807, 2.05) is 6.92 Å². The van der Waals surface area contributed by atoms with Crippen LogP contribution in [0.1, 0.15) is 27.0 Å². The number of aryl methyl sites for hydroxylation is 1. The number of nitrogens with two attached hydrogens (primary N) is 2. The third-order valence-electron chi connectivity index (χ3n) is 4.98. The van der Waals surface area contributed by atoms with E-state index in [-0.39, 0.29) is 29.3 Å². The SMILES string of the molecule is Cc1ccc(O)c(C)c1-n1c(N)c(C(N)=O)c2nc3cc(C#CCO)ccc3nc21. The van der Waals surface area contributed by atoms with Gasteiger partial charge in [-0.05, 0) is 43.7 Å². The number of aromatic hydroxyl groups is 1. The fraction of sp³-hybridized carbons (Fsp3) is 0.136. The van der Waals surface area contributed by atoms with Crippen molar-refractivity contribution in [2.45, 2.75) is 13.8 Å². The molecule has 0 aliphatic rings. The number of anilines is 1. The first-order valence-corrected chi connectivity index (χ1v) is 9.14. The van der Waals surface area contributed by atoms with Crippen LogP contribution >= 0.6 is 0 Å². The van der Waals surface area contributed by atoms with Crippen LogP contribution in [-0.4, -0.2) is 37.3 Å². The number of hydrogen-bond donors (Lipinski definition) is 4. The molecule has 0 aliphatic carbocycles. The highest BCUT2D eigenvalue weighted by atomic mass is 16.3. The van der Waals surface area contributed by atoms with Gasteiger partial charge in [0.05, 0.1) is 16.7 Å². The summed E-state index contributed by atoms with van der Waals surface area (Å²) in [4.78, 5) is 21.5. The molecule has 8 heteroatoms. The lowest BCUT2D eigenvalue weighted by atomic mass is 10.1. The maximum absolute atomic E-state index is 12.2. The predicted molar refractivity (Wildman–Crippen MR) is 114 cm³/mol. The highest BCUT2D eigenvalue weighted by Crippen LogP contribution is 2.35. The number of nitrogens with zero attached hydrogens (tertiary/aromatic N) is 3. The average molecular weight is 401 g/mol. The van der Waals surface area contributed by atoms with Crippen LogP contribution in [0, 0.1) is 25.7 Å². The molecule has 0 radical (unpaired) electrons. The van der Waals surface area contributed by atoms with Crippen molar-refractivity contribution in [1.29, 1.82) is 0 Å². The molecule has 30 heavy (non-hydrogen) atoms. The number of amides is 1. The van der Waals surface area contributed by atoms with Gasteiger partial charge in [-0.3, -0.25) is 9.36 Å². The number of primary amides is 1. The number of aliphatic hydroxyl groups is 1. The lowest BCUT2D eigenvalue weighted by Gasteiger charge is -2.15. The van der Waals surface area contributed by atoms with Crippen LogP contribution in [-0.2, 0) is 0 Å². The summed E-state index contributed by atoms with van der Waals surface area (Å²) in [5, 5.41) is 19.1. The van der Waals surface area contributed by atoms with E-state index in [0.29, 0.717) is 33.5 Å². The Hall–Kier alpha value is -4.09. The largest absolute Gasteiger partial charge is 0.508 e. The number of hydrogen-bond acceptors (Lipinski definition) is 6. The molecule has 0 aliphatic heterocycles. The number of nitrogen functional groups attached to an aromatic ring is 1. The molecular weight excluding hydrogens is 382 g/mol. The Morgan fingerprint density at radius 2 is 1.93 bits per heavy atom. The first-order chi connectivity index (χ1) is 14.3. The smallest absolute Gasteiger partial charge is 0.254 e. The summed E-state index contributed by atoms with van der Waals surface area (Å²) in [5.41, 5.74) is 16.4. The third kappa shape index (κ3) is 2.89. The number of aromatic nitrogens is 3. The normalized spacial score (nSPS) is 10.9. The van der Waals surface area contributed by atoms with Crippen LogP contribution in [0.2, 0.25) is 0 Å². The van der Waals surface area contributed by atoms with Crippen molar-refractivity contribution in [1.82, 2.24) is 14.5 Å². The van der Waals surface area contributed by atoms with Gasteiger partial charge in [0.1, 0.15) is 29.3 Å². The van der Waals surface area contributed by atoms with E-state index in [1.54, 1.807) is 41.8 Å². The molecule has 0 spiro atoms. The lowest BCUT2D eigenvalue weighted by molar-refractivity contribution is 0.100.